The summed E-state index contributed by atoms with van der Waals surface area (Å²) < 4.78 is 6.32. The topological polar surface area (TPSA) is 73.2 Å². The molecule has 0 atom stereocenters. The fraction of sp³-hybridized carbons (Fsp3) is 0.133. The molecular weight excluding hydrogens is 270 g/mol. The van der Waals surface area contributed by atoms with E-state index < -0.39 is 5.97 Å². The molecule has 21 heavy (non-hydrogen) atoms. The number of anilines is 1. The summed E-state index contributed by atoms with van der Waals surface area (Å²) in [7, 11) is 3.08. The highest BCUT2D eigenvalue weighted by Crippen LogP contribution is 2.16. The number of esters is 1. The van der Waals surface area contributed by atoms with Crippen LogP contribution in [0.2, 0.25) is 0 Å². The molecule has 2 rings (SSSR count). The van der Waals surface area contributed by atoms with Crippen LogP contribution in [0.3, 0.4) is 0 Å². The van der Waals surface area contributed by atoms with Gasteiger partial charge in [-0.25, -0.2) is 4.79 Å². The minimum absolute atomic E-state index is 0.308. The van der Waals surface area contributed by atoms with E-state index in [4.69, 9.17) is 0 Å². The Balaban J connectivity index is 2.12. The number of hydrogen-bond acceptors (Lipinski definition) is 4. The van der Waals surface area contributed by atoms with Crippen LogP contribution in [0.15, 0.2) is 42.6 Å². The Morgan fingerprint density at radius 2 is 2.05 bits per heavy atom. The van der Waals surface area contributed by atoms with E-state index in [1.54, 1.807) is 54.3 Å². The molecule has 6 heteroatoms. The van der Waals surface area contributed by atoms with Gasteiger partial charge in [-0.3, -0.25) is 9.48 Å². The second-order valence-electron chi connectivity index (χ2n) is 4.24. The third-order valence-electron chi connectivity index (χ3n) is 2.85. The zero-order valence-electron chi connectivity index (χ0n) is 11.7. The van der Waals surface area contributed by atoms with Gasteiger partial charge in [-0.15, -0.1) is 0 Å². The molecule has 1 aromatic carbocycles. The monoisotopic (exact) mass is 285 g/mol. The van der Waals surface area contributed by atoms with Crippen molar-refractivity contribution in [3.63, 3.8) is 0 Å². The highest BCUT2D eigenvalue weighted by molar-refractivity contribution is 6.06. The van der Waals surface area contributed by atoms with Gasteiger partial charge in [0.25, 0.3) is 0 Å². The standard InChI is InChI=1S/C15H15N3O3/c1-18-11(9-10-16-18)7-8-14(19)17-13-6-4-3-5-12(13)15(20)21-2/h3-10H,1-2H3,(H,17,19)/b8-7+. The summed E-state index contributed by atoms with van der Waals surface area (Å²) in [5.74, 6) is -0.839. The van der Waals surface area contributed by atoms with Gasteiger partial charge in [-0.05, 0) is 24.3 Å². The van der Waals surface area contributed by atoms with Crippen molar-refractivity contribution in [2.75, 3.05) is 12.4 Å². The molecule has 108 valence electrons. The molecule has 0 bridgehead atoms. The number of methoxy groups -OCH3 is 1. The Labute approximate surface area is 122 Å². The third-order valence-corrected chi connectivity index (χ3v) is 2.85. The second-order valence-corrected chi connectivity index (χ2v) is 4.24. The van der Waals surface area contributed by atoms with E-state index in [1.807, 2.05) is 0 Å². The molecule has 0 unspecified atom stereocenters. The summed E-state index contributed by atoms with van der Waals surface area (Å²) in [6.07, 6.45) is 4.66. The van der Waals surface area contributed by atoms with Crippen LogP contribution < -0.4 is 5.32 Å². The fourth-order valence-electron chi connectivity index (χ4n) is 1.76. The lowest BCUT2D eigenvalue weighted by Crippen LogP contribution is -2.12. The normalized spacial score (nSPS) is 10.6. The number of carbonyl (C=O) groups is 2. The van der Waals surface area contributed by atoms with Crippen molar-refractivity contribution in [1.29, 1.82) is 0 Å². The van der Waals surface area contributed by atoms with Gasteiger partial charge in [-0.2, -0.15) is 5.10 Å². The number of amides is 1. The maximum atomic E-state index is 11.9. The number of aromatic nitrogens is 2. The Bertz CT molecular complexity index is 689. The maximum absolute atomic E-state index is 11.9. The molecule has 1 amide bonds. The van der Waals surface area contributed by atoms with Crippen molar-refractivity contribution in [2.24, 2.45) is 7.05 Å². The first-order chi connectivity index (χ1) is 10.1. The van der Waals surface area contributed by atoms with Gasteiger partial charge >= 0.3 is 5.97 Å². The molecule has 1 heterocycles. The molecule has 0 aliphatic rings. The van der Waals surface area contributed by atoms with Crippen molar-refractivity contribution in [1.82, 2.24) is 9.78 Å². The molecule has 0 aliphatic carbocycles. The van der Waals surface area contributed by atoms with Gasteiger partial charge in [-0.1, -0.05) is 12.1 Å². The second kappa shape index (κ2) is 6.51. The number of benzene rings is 1. The predicted octanol–water partition coefficient (Wildman–Crippen LogP) is 1.86. The van der Waals surface area contributed by atoms with E-state index >= 15 is 0 Å². The molecule has 0 saturated heterocycles. The Kier molecular flexibility index (Phi) is 4.50. The van der Waals surface area contributed by atoms with Crippen molar-refractivity contribution >= 4 is 23.6 Å². The number of rotatable bonds is 4. The molecule has 2 aromatic rings. The van der Waals surface area contributed by atoms with E-state index in [9.17, 15) is 9.59 Å². The molecule has 6 nitrogen and oxygen atoms in total. The van der Waals surface area contributed by atoms with Crippen LogP contribution in [0.4, 0.5) is 5.69 Å². The number of nitrogens with one attached hydrogen (secondary N) is 1. The molecule has 1 aromatic heterocycles. The predicted molar refractivity (Wildman–Crippen MR) is 78.7 cm³/mol. The average Bonchev–Trinajstić information content (AvgIpc) is 2.90. The molecule has 0 aliphatic heterocycles. The van der Waals surface area contributed by atoms with E-state index in [1.165, 1.54) is 13.2 Å². The van der Waals surface area contributed by atoms with Crippen LogP contribution in [0.5, 0.6) is 0 Å². The van der Waals surface area contributed by atoms with Crippen molar-refractivity contribution in [2.45, 2.75) is 0 Å². The SMILES string of the molecule is COC(=O)c1ccccc1NC(=O)/C=C/c1ccnn1C. The summed E-state index contributed by atoms with van der Waals surface area (Å²) >= 11 is 0. The van der Waals surface area contributed by atoms with Crippen LogP contribution in [0.1, 0.15) is 16.1 Å². The summed E-state index contributed by atoms with van der Waals surface area (Å²) in [6.45, 7) is 0. The number of ether oxygens (including phenoxy) is 1. The van der Waals surface area contributed by atoms with Crippen LogP contribution in [-0.2, 0) is 16.6 Å². The minimum Gasteiger partial charge on any atom is -0.465 e. The lowest BCUT2D eigenvalue weighted by atomic mass is 10.2. The van der Waals surface area contributed by atoms with Gasteiger partial charge < -0.3 is 10.1 Å². The molecular formula is C15H15N3O3. The van der Waals surface area contributed by atoms with Gasteiger partial charge in [0.15, 0.2) is 0 Å². The lowest BCUT2D eigenvalue weighted by Gasteiger charge is -2.07. The minimum atomic E-state index is -0.499. The first kappa shape index (κ1) is 14.5. The summed E-state index contributed by atoms with van der Waals surface area (Å²) in [5, 5.41) is 6.65. The summed E-state index contributed by atoms with van der Waals surface area (Å²) in [6, 6.07) is 8.45. The average molecular weight is 285 g/mol. The zero-order valence-corrected chi connectivity index (χ0v) is 11.7. The highest BCUT2D eigenvalue weighted by atomic mass is 16.5. The highest BCUT2D eigenvalue weighted by Gasteiger charge is 2.11. The van der Waals surface area contributed by atoms with Gasteiger partial charge in [0.05, 0.1) is 24.1 Å². The van der Waals surface area contributed by atoms with Gasteiger partial charge in [0, 0.05) is 19.3 Å². The van der Waals surface area contributed by atoms with E-state index in [0.29, 0.717) is 11.3 Å². The third kappa shape index (κ3) is 3.56. The number of nitrogens with zero attached hydrogens (tertiary/aromatic N) is 2. The van der Waals surface area contributed by atoms with Crippen molar-refractivity contribution in [3.05, 3.63) is 53.9 Å². The lowest BCUT2D eigenvalue weighted by molar-refractivity contribution is -0.111. The van der Waals surface area contributed by atoms with E-state index in [0.717, 1.165) is 5.69 Å². The molecule has 0 radical (unpaired) electrons. The zero-order chi connectivity index (χ0) is 15.2. The Morgan fingerprint density at radius 1 is 1.29 bits per heavy atom. The quantitative estimate of drug-likeness (QED) is 0.687. The molecule has 0 saturated carbocycles. The van der Waals surface area contributed by atoms with Crippen LogP contribution in [0.25, 0.3) is 6.08 Å². The van der Waals surface area contributed by atoms with Crippen LogP contribution >= 0.6 is 0 Å². The number of hydrogen-bond donors (Lipinski definition) is 1. The van der Waals surface area contributed by atoms with Crippen molar-refractivity contribution in [3.8, 4) is 0 Å². The number of carbonyl (C=O) groups excluding carboxylic acids is 2. The van der Waals surface area contributed by atoms with Crippen LogP contribution in [0, 0.1) is 0 Å². The molecule has 0 fully saturated rings. The van der Waals surface area contributed by atoms with Gasteiger partial charge in [0.1, 0.15) is 0 Å². The fourth-order valence-corrected chi connectivity index (χ4v) is 1.76. The largest absolute Gasteiger partial charge is 0.465 e. The Morgan fingerprint density at radius 3 is 2.71 bits per heavy atom. The summed E-state index contributed by atoms with van der Waals surface area (Å²) in [5.41, 5.74) is 1.51. The molecule has 1 N–H and O–H groups in total. The number of aryl methyl sites for hydroxylation is 1. The van der Waals surface area contributed by atoms with E-state index in [-0.39, 0.29) is 5.91 Å². The number of para-hydroxylation sites is 1. The Hall–Kier alpha value is -2.89. The summed E-state index contributed by atoms with van der Waals surface area (Å²) in [4.78, 5) is 23.5. The van der Waals surface area contributed by atoms with Crippen LogP contribution in [-0.4, -0.2) is 28.8 Å². The first-order valence-electron chi connectivity index (χ1n) is 6.26. The van der Waals surface area contributed by atoms with Crippen molar-refractivity contribution < 1.29 is 14.3 Å². The molecule has 0 spiro atoms. The van der Waals surface area contributed by atoms with Gasteiger partial charge in [0.2, 0.25) is 5.91 Å². The maximum Gasteiger partial charge on any atom is 0.339 e. The smallest absolute Gasteiger partial charge is 0.339 e. The first-order valence-corrected chi connectivity index (χ1v) is 6.26. The van der Waals surface area contributed by atoms with E-state index in [2.05, 4.69) is 15.2 Å².